The maximum Gasteiger partial charge on any atom is 0.253 e. The molecule has 0 saturated carbocycles. The number of nitrogens with one attached hydrogen (secondary N) is 1. The van der Waals surface area contributed by atoms with Crippen molar-refractivity contribution in [3.8, 4) is 0 Å². The van der Waals surface area contributed by atoms with Crippen molar-refractivity contribution in [2.45, 2.75) is 30.8 Å². The number of hydrogen-bond acceptors (Lipinski definition) is 3. The summed E-state index contributed by atoms with van der Waals surface area (Å²) >= 11 is 4.61. The fraction of sp³-hybridized carbons (Fsp3) is 0.316. The molecule has 0 aromatic heterocycles. The highest BCUT2D eigenvalue weighted by Crippen LogP contribution is 2.32. The Labute approximate surface area is 147 Å². The molecule has 0 bridgehead atoms. The van der Waals surface area contributed by atoms with Crippen molar-refractivity contribution in [2.75, 3.05) is 6.54 Å². The Morgan fingerprint density at radius 2 is 1.83 bits per heavy atom. The SMILES string of the molecule is O=C(NC(S)N1CCCCC1c1ccccc1)c1ccc(F)cc1. The van der Waals surface area contributed by atoms with E-state index >= 15 is 0 Å². The maximum atomic E-state index is 13.0. The standard InChI is InChI=1S/C19H21FN2OS/c20-16-11-9-15(10-12-16)18(23)21-19(24)22-13-5-4-8-17(22)14-6-2-1-3-7-14/h1-3,6-7,9-12,17,19,24H,4-5,8,13H2,(H,21,23). The summed E-state index contributed by atoms with van der Waals surface area (Å²) in [4.78, 5) is 14.6. The summed E-state index contributed by atoms with van der Waals surface area (Å²) in [5.41, 5.74) is 1.30. The van der Waals surface area contributed by atoms with Crippen molar-refractivity contribution in [2.24, 2.45) is 0 Å². The second kappa shape index (κ2) is 7.81. The molecule has 3 rings (SSSR count). The van der Waals surface area contributed by atoms with Gasteiger partial charge in [0.05, 0.1) is 0 Å². The molecule has 5 heteroatoms. The zero-order valence-corrected chi connectivity index (χ0v) is 14.3. The molecule has 1 fully saturated rings. The minimum Gasteiger partial charge on any atom is -0.328 e. The summed E-state index contributed by atoms with van der Waals surface area (Å²) in [7, 11) is 0. The fourth-order valence-corrected chi connectivity index (χ4v) is 3.56. The van der Waals surface area contributed by atoms with Crippen LogP contribution < -0.4 is 5.32 Å². The zero-order chi connectivity index (χ0) is 16.9. The van der Waals surface area contributed by atoms with Crippen LogP contribution >= 0.6 is 12.6 Å². The van der Waals surface area contributed by atoms with E-state index in [1.54, 1.807) is 0 Å². The highest BCUT2D eigenvalue weighted by molar-refractivity contribution is 7.80. The smallest absolute Gasteiger partial charge is 0.253 e. The van der Waals surface area contributed by atoms with Gasteiger partial charge in [-0.3, -0.25) is 9.69 Å². The Hall–Kier alpha value is -1.85. The third-order valence-corrected chi connectivity index (χ3v) is 4.84. The van der Waals surface area contributed by atoms with E-state index in [1.807, 2.05) is 18.2 Å². The monoisotopic (exact) mass is 344 g/mol. The summed E-state index contributed by atoms with van der Waals surface area (Å²) < 4.78 is 13.0. The first-order chi connectivity index (χ1) is 11.6. The molecule has 24 heavy (non-hydrogen) atoms. The van der Waals surface area contributed by atoms with Crippen LogP contribution in [0.15, 0.2) is 54.6 Å². The molecule has 0 radical (unpaired) electrons. The van der Waals surface area contributed by atoms with Crippen molar-refractivity contribution >= 4 is 18.5 Å². The quantitative estimate of drug-likeness (QED) is 0.649. The second-order valence-electron chi connectivity index (χ2n) is 6.01. The van der Waals surface area contributed by atoms with Gasteiger partial charge in [-0.25, -0.2) is 4.39 Å². The van der Waals surface area contributed by atoms with Crippen LogP contribution in [-0.2, 0) is 0 Å². The predicted molar refractivity (Wildman–Crippen MR) is 96.4 cm³/mol. The molecular weight excluding hydrogens is 323 g/mol. The summed E-state index contributed by atoms with van der Waals surface area (Å²) in [6.45, 7) is 0.886. The molecule has 1 aliphatic heterocycles. The van der Waals surface area contributed by atoms with Crippen LogP contribution in [0.25, 0.3) is 0 Å². The molecule has 0 spiro atoms. The van der Waals surface area contributed by atoms with Crippen molar-refractivity contribution in [1.29, 1.82) is 0 Å². The van der Waals surface area contributed by atoms with Crippen molar-refractivity contribution < 1.29 is 9.18 Å². The van der Waals surface area contributed by atoms with Crippen LogP contribution in [0.4, 0.5) is 4.39 Å². The molecule has 2 aromatic carbocycles. The number of rotatable bonds is 4. The Balaban J connectivity index is 1.71. The molecular formula is C19H21FN2OS. The summed E-state index contributed by atoms with van der Waals surface area (Å²) in [5.74, 6) is -0.596. The lowest BCUT2D eigenvalue weighted by Gasteiger charge is -2.39. The molecule has 126 valence electrons. The molecule has 1 saturated heterocycles. The Bertz CT molecular complexity index is 678. The minimum absolute atomic E-state index is 0.243. The van der Waals surface area contributed by atoms with Crippen molar-refractivity contribution in [1.82, 2.24) is 10.2 Å². The summed E-state index contributed by atoms with van der Waals surface area (Å²) in [5, 5.41) is 2.91. The van der Waals surface area contributed by atoms with Gasteiger partial charge in [-0.2, -0.15) is 0 Å². The van der Waals surface area contributed by atoms with Gasteiger partial charge in [-0.1, -0.05) is 36.8 Å². The Morgan fingerprint density at radius 1 is 1.12 bits per heavy atom. The molecule has 1 amide bonds. The van der Waals surface area contributed by atoms with Gasteiger partial charge >= 0.3 is 0 Å². The van der Waals surface area contributed by atoms with Crippen LogP contribution in [-0.4, -0.2) is 22.8 Å². The van der Waals surface area contributed by atoms with E-state index in [-0.39, 0.29) is 23.3 Å². The van der Waals surface area contributed by atoms with E-state index in [0.29, 0.717) is 5.56 Å². The number of carbonyl (C=O) groups is 1. The molecule has 2 aromatic rings. The topological polar surface area (TPSA) is 32.3 Å². The number of thiol groups is 1. The predicted octanol–water partition coefficient (Wildman–Crippen LogP) is 4.00. The molecule has 2 unspecified atom stereocenters. The van der Waals surface area contributed by atoms with E-state index in [0.717, 1.165) is 19.4 Å². The first kappa shape index (κ1) is 17.0. The molecule has 1 N–H and O–H groups in total. The van der Waals surface area contributed by atoms with Gasteiger partial charge in [0.15, 0.2) is 0 Å². The first-order valence-corrected chi connectivity index (χ1v) is 8.72. The second-order valence-corrected chi connectivity index (χ2v) is 6.50. The number of likely N-dealkylation sites (tertiary alicyclic amines) is 1. The Morgan fingerprint density at radius 3 is 2.54 bits per heavy atom. The zero-order valence-electron chi connectivity index (χ0n) is 13.4. The lowest BCUT2D eigenvalue weighted by atomic mass is 9.96. The van der Waals surface area contributed by atoms with Gasteiger partial charge in [0.25, 0.3) is 5.91 Å². The molecule has 3 nitrogen and oxygen atoms in total. The van der Waals surface area contributed by atoms with Crippen LogP contribution in [0, 0.1) is 5.82 Å². The normalized spacial score (nSPS) is 19.7. The third-order valence-electron chi connectivity index (χ3n) is 4.41. The third kappa shape index (κ3) is 3.97. The molecule has 0 aliphatic carbocycles. The van der Waals surface area contributed by atoms with Crippen LogP contribution in [0.1, 0.15) is 41.2 Å². The fourth-order valence-electron chi connectivity index (χ4n) is 3.16. The van der Waals surface area contributed by atoms with Gasteiger partial charge in [0.2, 0.25) is 0 Å². The highest BCUT2D eigenvalue weighted by atomic mass is 32.1. The van der Waals surface area contributed by atoms with Crippen LogP contribution in [0.5, 0.6) is 0 Å². The summed E-state index contributed by atoms with van der Waals surface area (Å²) in [6, 6.07) is 16.1. The van der Waals surface area contributed by atoms with Gasteiger partial charge in [0.1, 0.15) is 11.3 Å². The molecule has 1 aliphatic rings. The number of carbonyl (C=O) groups excluding carboxylic acids is 1. The van der Waals surface area contributed by atoms with Gasteiger partial charge < -0.3 is 5.32 Å². The van der Waals surface area contributed by atoms with Crippen molar-refractivity contribution in [3.05, 3.63) is 71.5 Å². The molecule has 2 atom stereocenters. The number of hydrogen-bond donors (Lipinski definition) is 2. The number of halogens is 1. The molecule has 1 heterocycles. The van der Waals surface area contributed by atoms with Gasteiger partial charge in [-0.05, 0) is 42.7 Å². The van der Waals surface area contributed by atoms with E-state index in [4.69, 9.17) is 0 Å². The van der Waals surface area contributed by atoms with E-state index in [2.05, 4.69) is 35.0 Å². The number of piperidine rings is 1. The number of benzene rings is 2. The number of amides is 1. The highest BCUT2D eigenvalue weighted by Gasteiger charge is 2.29. The first-order valence-electron chi connectivity index (χ1n) is 8.20. The minimum atomic E-state index is -0.381. The largest absolute Gasteiger partial charge is 0.328 e. The van der Waals surface area contributed by atoms with Crippen LogP contribution in [0.2, 0.25) is 0 Å². The average Bonchev–Trinajstić information content (AvgIpc) is 2.63. The van der Waals surface area contributed by atoms with Crippen LogP contribution in [0.3, 0.4) is 0 Å². The van der Waals surface area contributed by atoms with E-state index in [1.165, 1.54) is 36.2 Å². The van der Waals surface area contributed by atoms with Gasteiger partial charge in [-0.15, -0.1) is 12.6 Å². The lowest BCUT2D eigenvalue weighted by molar-refractivity contribution is 0.0823. The maximum absolute atomic E-state index is 13.0. The van der Waals surface area contributed by atoms with E-state index < -0.39 is 0 Å². The average molecular weight is 344 g/mol. The van der Waals surface area contributed by atoms with E-state index in [9.17, 15) is 9.18 Å². The lowest BCUT2D eigenvalue weighted by Crippen LogP contribution is -2.48. The number of nitrogens with zero attached hydrogens (tertiary/aromatic N) is 1. The Kier molecular flexibility index (Phi) is 5.53. The van der Waals surface area contributed by atoms with Gasteiger partial charge in [0, 0.05) is 18.2 Å². The van der Waals surface area contributed by atoms with Crippen molar-refractivity contribution in [3.63, 3.8) is 0 Å². The summed E-state index contributed by atoms with van der Waals surface area (Å²) in [6.07, 6.45) is 3.31.